The van der Waals surface area contributed by atoms with Crippen molar-refractivity contribution in [2.45, 2.75) is 19.3 Å². The predicted octanol–water partition coefficient (Wildman–Crippen LogP) is 6.20. The van der Waals surface area contributed by atoms with Gasteiger partial charge in [0, 0.05) is 0 Å². The van der Waals surface area contributed by atoms with Gasteiger partial charge in [0.1, 0.15) is 5.75 Å². The molecule has 0 unspecified atom stereocenters. The summed E-state index contributed by atoms with van der Waals surface area (Å²) in [5, 5.41) is 0. The Hall–Kier alpha value is -2.80. The summed E-state index contributed by atoms with van der Waals surface area (Å²) in [6.07, 6.45) is 7.78. The number of methoxy groups -OCH3 is 1. The maximum Gasteiger partial charge on any atom is 0.118 e. The lowest BCUT2D eigenvalue weighted by Crippen LogP contribution is -2.07. The molecule has 0 aliphatic rings. The molecule has 0 N–H and O–H groups in total. The molecule has 0 saturated carbocycles. The van der Waals surface area contributed by atoms with Crippen LogP contribution in [0.15, 0.2) is 91.0 Å². The molecule has 3 aromatic carbocycles. The third kappa shape index (κ3) is 5.63. The fourth-order valence-corrected chi connectivity index (χ4v) is 3.25. The number of ether oxygens (including phenoxy) is 1. The van der Waals surface area contributed by atoms with E-state index in [4.69, 9.17) is 4.74 Å². The van der Waals surface area contributed by atoms with Gasteiger partial charge in [-0.25, -0.2) is 0 Å². The summed E-state index contributed by atoms with van der Waals surface area (Å²) in [4.78, 5) is 0. The second-order valence-corrected chi connectivity index (χ2v) is 6.66. The molecule has 26 heavy (non-hydrogen) atoms. The highest BCUT2D eigenvalue weighted by molar-refractivity contribution is 5.50. The number of hydrogen-bond donors (Lipinski definition) is 0. The van der Waals surface area contributed by atoms with E-state index < -0.39 is 0 Å². The van der Waals surface area contributed by atoms with Gasteiger partial charge in [-0.05, 0) is 54.0 Å². The van der Waals surface area contributed by atoms with Crippen molar-refractivity contribution in [2.24, 2.45) is 5.92 Å². The van der Waals surface area contributed by atoms with E-state index in [-0.39, 0.29) is 0 Å². The van der Waals surface area contributed by atoms with Crippen molar-refractivity contribution in [2.75, 3.05) is 7.11 Å². The molecule has 0 aliphatic heterocycles. The first-order chi connectivity index (χ1) is 12.8. The van der Waals surface area contributed by atoms with E-state index >= 15 is 0 Å². The Bertz CT molecular complexity index is 747. The normalized spacial score (nSPS) is 11.2. The van der Waals surface area contributed by atoms with Crippen LogP contribution in [-0.4, -0.2) is 7.11 Å². The molecule has 0 spiro atoms. The van der Waals surface area contributed by atoms with Gasteiger partial charge < -0.3 is 4.74 Å². The van der Waals surface area contributed by atoms with Crippen molar-refractivity contribution in [1.82, 2.24) is 0 Å². The standard InChI is InChI=1S/C25H26O/c1-26-25-17-15-21(16-18-25)13-8-14-24(19-22-9-4-2-5-10-22)20-23-11-6-3-7-12-23/h2-13,15-18,24H,14,19-20H2,1H3/b13-8+. The minimum atomic E-state index is 0.592. The molecule has 0 amide bonds. The zero-order chi connectivity index (χ0) is 18.0. The van der Waals surface area contributed by atoms with Crippen molar-refractivity contribution in [3.63, 3.8) is 0 Å². The van der Waals surface area contributed by atoms with E-state index in [1.807, 2.05) is 12.1 Å². The Morgan fingerprint density at radius 3 is 1.77 bits per heavy atom. The Morgan fingerprint density at radius 1 is 0.731 bits per heavy atom. The average molecular weight is 342 g/mol. The second-order valence-electron chi connectivity index (χ2n) is 6.66. The molecule has 0 fully saturated rings. The highest BCUT2D eigenvalue weighted by Gasteiger charge is 2.09. The summed E-state index contributed by atoms with van der Waals surface area (Å²) >= 11 is 0. The quantitative estimate of drug-likeness (QED) is 0.473. The minimum Gasteiger partial charge on any atom is -0.497 e. The highest BCUT2D eigenvalue weighted by Crippen LogP contribution is 2.20. The smallest absolute Gasteiger partial charge is 0.118 e. The van der Waals surface area contributed by atoms with Crippen LogP contribution in [0.3, 0.4) is 0 Å². The maximum atomic E-state index is 5.22. The van der Waals surface area contributed by atoms with Gasteiger partial charge in [-0.1, -0.05) is 84.9 Å². The number of allylic oxidation sites excluding steroid dienone is 1. The van der Waals surface area contributed by atoms with Gasteiger partial charge in [-0.2, -0.15) is 0 Å². The van der Waals surface area contributed by atoms with Gasteiger partial charge in [-0.15, -0.1) is 0 Å². The van der Waals surface area contributed by atoms with Crippen molar-refractivity contribution in [3.8, 4) is 5.75 Å². The molecule has 3 aromatic rings. The first kappa shape index (κ1) is 18.0. The molecule has 0 atom stereocenters. The first-order valence-electron chi connectivity index (χ1n) is 9.22. The van der Waals surface area contributed by atoms with Crippen molar-refractivity contribution in [1.29, 1.82) is 0 Å². The van der Waals surface area contributed by atoms with Crippen LogP contribution in [-0.2, 0) is 12.8 Å². The van der Waals surface area contributed by atoms with Crippen LogP contribution in [0, 0.1) is 5.92 Å². The number of hydrogen-bond acceptors (Lipinski definition) is 1. The van der Waals surface area contributed by atoms with Crippen LogP contribution in [0.2, 0.25) is 0 Å². The molecule has 0 aliphatic carbocycles. The van der Waals surface area contributed by atoms with Crippen molar-refractivity contribution < 1.29 is 4.74 Å². The molecule has 0 saturated heterocycles. The van der Waals surface area contributed by atoms with Gasteiger partial charge in [0.2, 0.25) is 0 Å². The fourth-order valence-electron chi connectivity index (χ4n) is 3.25. The zero-order valence-corrected chi connectivity index (χ0v) is 15.3. The lowest BCUT2D eigenvalue weighted by Gasteiger charge is -2.15. The summed E-state index contributed by atoms with van der Waals surface area (Å²) in [5.74, 6) is 1.49. The molecule has 1 heteroatoms. The van der Waals surface area contributed by atoms with Crippen molar-refractivity contribution >= 4 is 6.08 Å². The average Bonchev–Trinajstić information content (AvgIpc) is 2.70. The number of rotatable bonds is 8. The summed E-state index contributed by atoms with van der Waals surface area (Å²) < 4.78 is 5.22. The van der Waals surface area contributed by atoms with Gasteiger partial charge >= 0.3 is 0 Å². The highest BCUT2D eigenvalue weighted by atomic mass is 16.5. The first-order valence-corrected chi connectivity index (χ1v) is 9.22. The monoisotopic (exact) mass is 342 g/mol. The molecule has 3 rings (SSSR count). The Morgan fingerprint density at radius 2 is 1.27 bits per heavy atom. The summed E-state index contributed by atoms with van der Waals surface area (Å²) in [6, 6.07) is 29.8. The van der Waals surface area contributed by atoms with E-state index in [1.165, 1.54) is 16.7 Å². The Balaban J connectivity index is 1.66. The molecule has 1 nitrogen and oxygen atoms in total. The second kappa shape index (κ2) is 9.62. The van der Waals surface area contributed by atoms with E-state index in [0.29, 0.717) is 5.92 Å². The Kier molecular flexibility index (Phi) is 6.66. The topological polar surface area (TPSA) is 9.23 Å². The van der Waals surface area contributed by atoms with Gasteiger partial charge in [0.25, 0.3) is 0 Å². The SMILES string of the molecule is COc1ccc(/C=C/CC(Cc2ccccc2)Cc2ccccc2)cc1. The summed E-state index contributed by atoms with van der Waals surface area (Å²) in [6.45, 7) is 0. The number of benzene rings is 3. The zero-order valence-electron chi connectivity index (χ0n) is 15.3. The minimum absolute atomic E-state index is 0.592. The molecule has 0 bridgehead atoms. The lowest BCUT2D eigenvalue weighted by atomic mass is 9.89. The fraction of sp³-hybridized carbons (Fsp3) is 0.200. The summed E-state index contributed by atoms with van der Waals surface area (Å²) in [5.41, 5.74) is 4.03. The van der Waals surface area contributed by atoms with E-state index in [2.05, 4.69) is 84.9 Å². The Labute approximate surface area is 157 Å². The molecular formula is C25H26O. The third-order valence-electron chi connectivity index (χ3n) is 4.63. The van der Waals surface area contributed by atoms with Crippen LogP contribution in [0.1, 0.15) is 23.1 Å². The predicted molar refractivity (Wildman–Crippen MR) is 110 cm³/mol. The van der Waals surface area contributed by atoms with E-state index in [0.717, 1.165) is 25.0 Å². The van der Waals surface area contributed by atoms with Crippen LogP contribution in [0.5, 0.6) is 5.75 Å². The third-order valence-corrected chi connectivity index (χ3v) is 4.63. The molecule has 0 radical (unpaired) electrons. The molecule has 132 valence electrons. The maximum absolute atomic E-state index is 5.22. The molecular weight excluding hydrogens is 316 g/mol. The largest absolute Gasteiger partial charge is 0.497 e. The van der Waals surface area contributed by atoms with E-state index in [9.17, 15) is 0 Å². The van der Waals surface area contributed by atoms with Gasteiger partial charge in [0.05, 0.1) is 7.11 Å². The van der Waals surface area contributed by atoms with Crippen molar-refractivity contribution in [3.05, 3.63) is 108 Å². The van der Waals surface area contributed by atoms with Crippen LogP contribution in [0.25, 0.3) is 6.08 Å². The van der Waals surface area contributed by atoms with Crippen LogP contribution < -0.4 is 4.74 Å². The van der Waals surface area contributed by atoms with Crippen LogP contribution in [0.4, 0.5) is 0 Å². The van der Waals surface area contributed by atoms with Gasteiger partial charge in [-0.3, -0.25) is 0 Å². The molecule has 0 heterocycles. The summed E-state index contributed by atoms with van der Waals surface area (Å²) in [7, 11) is 1.70. The van der Waals surface area contributed by atoms with Gasteiger partial charge in [0.15, 0.2) is 0 Å². The van der Waals surface area contributed by atoms with E-state index in [1.54, 1.807) is 7.11 Å². The molecule has 0 aromatic heterocycles. The van der Waals surface area contributed by atoms with Crippen LogP contribution >= 0.6 is 0 Å². The lowest BCUT2D eigenvalue weighted by molar-refractivity contribution is 0.415.